The third kappa shape index (κ3) is 3.93. The first-order valence-corrected chi connectivity index (χ1v) is 8.45. The fourth-order valence-electron chi connectivity index (χ4n) is 2.41. The molecule has 0 radical (unpaired) electrons. The maximum absolute atomic E-state index is 12.5. The number of hydrogen-bond acceptors (Lipinski definition) is 5. The molecule has 1 aromatic heterocycles. The highest BCUT2D eigenvalue weighted by Crippen LogP contribution is 2.37. The summed E-state index contributed by atoms with van der Waals surface area (Å²) in [7, 11) is 0. The van der Waals surface area contributed by atoms with Gasteiger partial charge in [-0.25, -0.2) is 4.68 Å². The van der Waals surface area contributed by atoms with Crippen molar-refractivity contribution >= 4 is 23.2 Å². The van der Waals surface area contributed by atoms with Gasteiger partial charge in [0.2, 0.25) is 0 Å². The van der Waals surface area contributed by atoms with E-state index in [2.05, 4.69) is 10.4 Å². The Morgan fingerprint density at radius 2 is 2.00 bits per heavy atom. The number of ether oxygens (including phenoxy) is 2. The summed E-state index contributed by atoms with van der Waals surface area (Å²) in [6.07, 6.45) is 1.52. The minimum Gasteiger partial charge on any atom is -0.490 e. The molecule has 3 rings (SSSR count). The lowest BCUT2D eigenvalue weighted by Crippen LogP contribution is -2.26. The first-order chi connectivity index (χ1) is 12.1. The standard InChI is InChI=1S/C17H18ClN3O4/c1-2-6-21-16(22)5-4-12(20-21)17(23)19-13-10-15-14(9-11(13)18)24-7-3-8-25-15/h4-5,9-10H,2-3,6-8H2,1H3,(H,19,23). The number of carbonyl (C=O) groups excluding carboxylic acids is 1. The van der Waals surface area contributed by atoms with Crippen LogP contribution in [0.5, 0.6) is 11.5 Å². The molecule has 1 amide bonds. The van der Waals surface area contributed by atoms with Crippen LogP contribution >= 0.6 is 11.6 Å². The van der Waals surface area contributed by atoms with E-state index in [4.69, 9.17) is 21.1 Å². The van der Waals surface area contributed by atoms with Crippen LogP contribution in [0, 0.1) is 0 Å². The molecule has 0 aliphatic carbocycles. The van der Waals surface area contributed by atoms with Gasteiger partial charge >= 0.3 is 0 Å². The number of anilines is 1. The number of amides is 1. The lowest BCUT2D eigenvalue weighted by atomic mass is 10.2. The topological polar surface area (TPSA) is 82.5 Å². The van der Waals surface area contributed by atoms with Crippen LogP contribution in [0.4, 0.5) is 5.69 Å². The van der Waals surface area contributed by atoms with E-state index in [0.717, 1.165) is 12.8 Å². The molecule has 0 spiro atoms. The Labute approximate surface area is 149 Å². The van der Waals surface area contributed by atoms with Crippen LogP contribution in [0.1, 0.15) is 30.3 Å². The molecule has 0 atom stereocenters. The molecule has 0 fully saturated rings. The Balaban J connectivity index is 1.85. The summed E-state index contributed by atoms with van der Waals surface area (Å²) >= 11 is 6.23. The van der Waals surface area contributed by atoms with Gasteiger partial charge in [0, 0.05) is 31.2 Å². The van der Waals surface area contributed by atoms with Crippen molar-refractivity contribution in [2.24, 2.45) is 0 Å². The summed E-state index contributed by atoms with van der Waals surface area (Å²) in [6.45, 7) is 3.46. The zero-order chi connectivity index (χ0) is 17.8. The zero-order valence-electron chi connectivity index (χ0n) is 13.8. The summed E-state index contributed by atoms with van der Waals surface area (Å²) < 4.78 is 12.4. The molecule has 1 aliphatic rings. The van der Waals surface area contributed by atoms with E-state index in [1.807, 2.05) is 6.92 Å². The highest BCUT2D eigenvalue weighted by molar-refractivity contribution is 6.34. The van der Waals surface area contributed by atoms with Gasteiger partial charge in [0.1, 0.15) is 5.69 Å². The van der Waals surface area contributed by atoms with Crippen LogP contribution < -0.4 is 20.3 Å². The van der Waals surface area contributed by atoms with E-state index < -0.39 is 5.91 Å². The number of carbonyl (C=O) groups is 1. The minimum atomic E-state index is -0.457. The van der Waals surface area contributed by atoms with Crippen LogP contribution in [0.15, 0.2) is 29.1 Å². The van der Waals surface area contributed by atoms with E-state index in [-0.39, 0.29) is 11.3 Å². The average molecular weight is 364 g/mol. The molecule has 0 saturated heterocycles. The highest BCUT2D eigenvalue weighted by atomic mass is 35.5. The predicted molar refractivity (Wildman–Crippen MR) is 93.8 cm³/mol. The molecule has 0 saturated carbocycles. The first kappa shape index (κ1) is 17.3. The molecule has 7 nitrogen and oxygen atoms in total. The number of fused-ring (bicyclic) bond motifs is 1. The molecule has 8 heteroatoms. The van der Waals surface area contributed by atoms with E-state index in [9.17, 15) is 9.59 Å². The van der Waals surface area contributed by atoms with E-state index >= 15 is 0 Å². The SMILES string of the molecule is CCCn1nc(C(=O)Nc2cc3c(cc2Cl)OCCCO3)ccc1=O. The van der Waals surface area contributed by atoms with Crippen LogP contribution in [-0.2, 0) is 6.54 Å². The maximum Gasteiger partial charge on any atom is 0.276 e. The molecule has 132 valence electrons. The number of hydrogen-bond donors (Lipinski definition) is 1. The van der Waals surface area contributed by atoms with Gasteiger partial charge in [-0.3, -0.25) is 9.59 Å². The third-order valence-electron chi connectivity index (χ3n) is 3.62. The quantitative estimate of drug-likeness (QED) is 0.903. The smallest absolute Gasteiger partial charge is 0.276 e. The lowest BCUT2D eigenvalue weighted by molar-refractivity contribution is 0.101. The van der Waals surface area contributed by atoms with Crippen molar-refractivity contribution in [3.05, 3.63) is 45.3 Å². The summed E-state index contributed by atoms with van der Waals surface area (Å²) in [5, 5.41) is 7.12. The van der Waals surface area contributed by atoms with Gasteiger partial charge in [0.05, 0.1) is 23.9 Å². The fourth-order valence-corrected chi connectivity index (χ4v) is 2.61. The van der Waals surface area contributed by atoms with E-state index in [1.165, 1.54) is 16.8 Å². The minimum absolute atomic E-state index is 0.135. The molecule has 2 aromatic rings. The number of aromatic nitrogens is 2. The molecule has 25 heavy (non-hydrogen) atoms. The maximum atomic E-state index is 12.5. The van der Waals surface area contributed by atoms with Gasteiger partial charge in [-0.2, -0.15) is 5.10 Å². The second-order valence-electron chi connectivity index (χ2n) is 5.56. The van der Waals surface area contributed by atoms with Crippen molar-refractivity contribution in [2.75, 3.05) is 18.5 Å². The Hall–Kier alpha value is -2.54. The average Bonchev–Trinajstić information content (AvgIpc) is 2.82. The van der Waals surface area contributed by atoms with Crippen LogP contribution in [0.3, 0.4) is 0 Å². The molecule has 0 bridgehead atoms. The Morgan fingerprint density at radius 1 is 1.28 bits per heavy atom. The molecular formula is C17H18ClN3O4. The Bertz CT molecular complexity index is 850. The van der Waals surface area contributed by atoms with Gasteiger partial charge < -0.3 is 14.8 Å². The van der Waals surface area contributed by atoms with Crippen molar-refractivity contribution < 1.29 is 14.3 Å². The van der Waals surface area contributed by atoms with Crippen molar-refractivity contribution in [3.8, 4) is 11.5 Å². The molecule has 1 N–H and O–H groups in total. The molecule has 1 aliphatic heterocycles. The van der Waals surface area contributed by atoms with Gasteiger partial charge in [0.25, 0.3) is 11.5 Å². The van der Waals surface area contributed by atoms with Crippen LogP contribution in [0.2, 0.25) is 5.02 Å². The van der Waals surface area contributed by atoms with Crippen LogP contribution in [-0.4, -0.2) is 28.9 Å². The van der Waals surface area contributed by atoms with Gasteiger partial charge in [0.15, 0.2) is 11.5 Å². The second-order valence-corrected chi connectivity index (χ2v) is 5.97. The summed E-state index contributed by atoms with van der Waals surface area (Å²) in [5.41, 5.74) is 0.286. The molecule has 2 heterocycles. The largest absolute Gasteiger partial charge is 0.490 e. The monoisotopic (exact) mass is 363 g/mol. The van der Waals surface area contributed by atoms with Gasteiger partial charge in [-0.15, -0.1) is 0 Å². The number of nitrogens with zero attached hydrogens (tertiary/aromatic N) is 2. The molecule has 0 unspecified atom stereocenters. The Kier molecular flexibility index (Phi) is 5.23. The normalized spacial score (nSPS) is 13.2. The van der Waals surface area contributed by atoms with E-state index in [1.54, 1.807) is 12.1 Å². The Morgan fingerprint density at radius 3 is 2.72 bits per heavy atom. The van der Waals surface area contributed by atoms with Crippen LogP contribution in [0.25, 0.3) is 0 Å². The molecular weight excluding hydrogens is 346 g/mol. The number of rotatable bonds is 4. The predicted octanol–water partition coefficient (Wildman–Crippen LogP) is 2.72. The van der Waals surface area contributed by atoms with Crippen molar-refractivity contribution in [1.82, 2.24) is 9.78 Å². The third-order valence-corrected chi connectivity index (χ3v) is 3.93. The van der Waals surface area contributed by atoms with Crippen molar-refractivity contribution in [1.29, 1.82) is 0 Å². The summed E-state index contributed by atoms with van der Waals surface area (Å²) in [6, 6.07) is 5.96. The second kappa shape index (κ2) is 7.57. The van der Waals surface area contributed by atoms with Crippen molar-refractivity contribution in [3.63, 3.8) is 0 Å². The number of aryl methyl sites for hydroxylation is 1. The highest BCUT2D eigenvalue weighted by Gasteiger charge is 2.17. The molecule has 1 aromatic carbocycles. The number of benzene rings is 1. The number of halogens is 1. The van der Waals surface area contributed by atoms with E-state index in [0.29, 0.717) is 42.0 Å². The van der Waals surface area contributed by atoms with Gasteiger partial charge in [-0.1, -0.05) is 18.5 Å². The zero-order valence-corrected chi connectivity index (χ0v) is 14.5. The summed E-state index contributed by atoms with van der Waals surface area (Å²) in [4.78, 5) is 24.2. The van der Waals surface area contributed by atoms with Crippen molar-refractivity contribution in [2.45, 2.75) is 26.3 Å². The summed E-state index contributed by atoms with van der Waals surface area (Å²) in [5.74, 6) is 0.623. The lowest BCUT2D eigenvalue weighted by Gasteiger charge is -2.12. The number of nitrogens with one attached hydrogen (secondary N) is 1. The van der Waals surface area contributed by atoms with Gasteiger partial charge in [-0.05, 0) is 12.5 Å². The fraction of sp³-hybridized carbons (Fsp3) is 0.353. The first-order valence-electron chi connectivity index (χ1n) is 8.07.